The van der Waals surface area contributed by atoms with E-state index in [9.17, 15) is 19.2 Å². The zero-order valence-electron chi connectivity index (χ0n) is 18.1. The summed E-state index contributed by atoms with van der Waals surface area (Å²) in [7, 11) is 0. The van der Waals surface area contributed by atoms with E-state index in [1.54, 1.807) is 60.7 Å². The minimum absolute atomic E-state index is 0.123. The number of anilines is 1. The monoisotopic (exact) mass is 444 g/mol. The fourth-order valence-electron chi connectivity index (χ4n) is 3.15. The summed E-state index contributed by atoms with van der Waals surface area (Å²) in [6.07, 6.45) is -0.143. The van der Waals surface area contributed by atoms with Gasteiger partial charge in [-0.15, -0.1) is 0 Å². The molecule has 3 rings (SSSR count). The normalized spacial score (nSPS) is 11.2. The Labute approximate surface area is 191 Å². The summed E-state index contributed by atoms with van der Waals surface area (Å²) < 4.78 is 5.12. The summed E-state index contributed by atoms with van der Waals surface area (Å²) in [5.74, 6) is -1.61. The molecule has 1 unspecified atom stereocenters. The summed E-state index contributed by atoms with van der Waals surface area (Å²) in [4.78, 5) is 48.7. The number of hydrogen-bond acceptors (Lipinski definition) is 5. The van der Waals surface area contributed by atoms with Crippen LogP contribution in [-0.4, -0.2) is 30.2 Å². The molecule has 2 N–H and O–H groups in total. The second-order valence-corrected chi connectivity index (χ2v) is 7.35. The maximum Gasteiger partial charge on any atom is 0.308 e. The Bertz CT molecular complexity index is 1130. The molecule has 0 aromatic heterocycles. The van der Waals surface area contributed by atoms with Gasteiger partial charge in [0.05, 0.1) is 12.5 Å². The lowest BCUT2D eigenvalue weighted by Gasteiger charge is -2.19. The summed E-state index contributed by atoms with van der Waals surface area (Å²) in [5, 5.41) is 5.45. The van der Waals surface area contributed by atoms with Gasteiger partial charge in [-0.25, -0.2) is 0 Å². The highest BCUT2D eigenvalue weighted by molar-refractivity contribution is 5.97. The number of ether oxygens (including phenoxy) is 1. The number of carbonyl (C=O) groups excluding carboxylic acids is 4. The SMILES string of the molecule is CC(=O)c1cccc(NC(=O)COC(=O)CC(NC(=O)c2ccccc2)c2ccccc2)c1. The van der Waals surface area contributed by atoms with Gasteiger partial charge in [0, 0.05) is 16.8 Å². The number of amides is 2. The van der Waals surface area contributed by atoms with Crippen LogP contribution in [0.5, 0.6) is 0 Å². The van der Waals surface area contributed by atoms with E-state index in [0.717, 1.165) is 5.56 Å². The molecule has 0 aliphatic rings. The third-order valence-electron chi connectivity index (χ3n) is 4.83. The van der Waals surface area contributed by atoms with Gasteiger partial charge in [-0.2, -0.15) is 0 Å². The molecule has 1 atom stereocenters. The van der Waals surface area contributed by atoms with Crippen molar-refractivity contribution >= 4 is 29.3 Å². The molecule has 3 aromatic rings. The third-order valence-corrected chi connectivity index (χ3v) is 4.83. The van der Waals surface area contributed by atoms with Crippen molar-refractivity contribution in [2.75, 3.05) is 11.9 Å². The van der Waals surface area contributed by atoms with Gasteiger partial charge in [0.15, 0.2) is 12.4 Å². The number of ketones is 1. The minimum atomic E-state index is -0.634. The van der Waals surface area contributed by atoms with E-state index in [2.05, 4.69) is 10.6 Å². The Morgan fingerprint density at radius 2 is 1.45 bits per heavy atom. The molecule has 0 aliphatic heterocycles. The fourth-order valence-corrected chi connectivity index (χ4v) is 3.15. The van der Waals surface area contributed by atoms with Crippen LogP contribution >= 0.6 is 0 Å². The van der Waals surface area contributed by atoms with Gasteiger partial charge in [0.1, 0.15) is 0 Å². The number of carbonyl (C=O) groups is 4. The van der Waals surface area contributed by atoms with Crippen LogP contribution in [0.4, 0.5) is 5.69 Å². The Balaban J connectivity index is 1.59. The molecular formula is C26H24N2O5. The van der Waals surface area contributed by atoms with Crippen LogP contribution in [0.25, 0.3) is 0 Å². The molecule has 7 nitrogen and oxygen atoms in total. The topological polar surface area (TPSA) is 102 Å². The highest BCUT2D eigenvalue weighted by Gasteiger charge is 2.20. The second kappa shape index (κ2) is 11.4. The lowest BCUT2D eigenvalue weighted by Crippen LogP contribution is -2.31. The van der Waals surface area contributed by atoms with E-state index < -0.39 is 24.5 Å². The van der Waals surface area contributed by atoms with Gasteiger partial charge in [-0.3, -0.25) is 19.2 Å². The highest BCUT2D eigenvalue weighted by atomic mass is 16.5. The quantitative estimate of drug-likeness (QED) is 0.385. The first-order valence-electron chi connectivity index (χ1n) is 10.4. The molecule has 0 aliphatic carbocycles. The van der Waals surface area contributed by atoms with Crippen molar-refractivity contribution in [3.63, 3.8) is 0 Å². The van der Waals surface area contributed by atoms with Crippen LogP contribution in [0.15, 0.2) is 84.9 Å². The molecule has 0 spiro atoms. The summed E-state index contributed by atoms with van der Waals surface area (Å²) in [6.45, 7) is 0.944. The number of esters is 1. The molecule has 0 saturated heterocycles. The summed E-state index contributed by atoms with van der Waals surface area (Å²) in [6, 6.07) is 23.6. The Morgan fingerprint density at radius 1 is 0.818 bits per heavy atom. The van der Waals surface area contributed by atoms with Crippen LogP contribution in [0.1, 0.15) is 45.7 Å². The first-order chi connectivity index (χ1) is 15.9. The van der Waals surface area contributed by atoms with E-state index in [1.807, 2.05) is 24.3 Å². The average molecular weight is 444 g/mol. The molecule has 3 aromatic carbocycles. The second-order valence-electron chi connectivity index (χ2n) is 7.35. The van der Waals surface area contributed by atoms with Crippen molar-refractivity contribution in [3.8, 4) is 0 Å². The first-order valence-corrected chi connectivity index (χ1v) is 10.4. The maximum absolute atomic E-state index is 12.6. The first kappa shape index (κ1) is 23.4. The van der Waals surface area contributed by atoms with Gasteiger partial charge in [-0.1, -0.05) is 60.7 Å². The number of hydrogen-bond donors (Lipinski definition) is 2. The molecule has 0 fully saturated rings. The number of rotatable bonds is 9. The van der Waals surface area contributed by atoms with Crippen molar-refractivity contribution in [1.82, 2.24) is 5.32 Å². The molecule has 0 saturated carbocycles. The van der Waals surface area contributed by atoms with E-state index in [-0.39, 0.29) is 18.1 Å². The van der Waals surface area contributed by atoms with Crippen LogP contribution < -0.4 is 10.6 Å². The van der Waals surface area contributed by atoms with Gasteiger partial charge in [0.25, 0.3) is 11.8 Å². The maximum atomic E-state index is 12.6. The van der Waals surface area contributed by atoms with Gasteiger partial charge < -0.3 is 15.4 Å². The Hall–Kier alpha value is -4.26. The van der Waals surface area contributed by atoms with Crippen LogP contribution in [-0.2, 0) is 14.3 Å². The largest absolute Gasteiger partial charge is 0.455 e. The zero-order valence-corrected chi connectivity index (χ0v) is 18.1. The van der Waals surface area contributed by atoms with E-state index in [4.69, 9.17) is 4.74 Å². The highest BCUT2D eigenvalue weighted by Crippen LogP contribution is 2.18. The number of Topliss-reactive ketones (excluding diaryl/α,β-unsaturated/α-hetero) is 1. The van der Waals surface area contributed by atoms with Crippen molar-refractivity contribution in [1.29, 1.82) is 0 Å². The summed E-state index contributed by atoms with van der Waals surface area (Å²) in [5.41, 5.74) is 2.11. The van der Waals surface area contributed by atoms with Gasteiger partial charge in [0.2, 0.25) is 0 Å². The number of benzene rings is 3. The molecule has 2 amide bonds. The van der Waals surface area contributed by atoms with Crippen LogP contribution in [0.2, 0.25) is 0 Å². The Kier molecular flexibility index (Phi) is 8.07. The zero-order chi connectivity index (χ0) is 23.6. The van der Waals surface area contributed by atoms with E-state index in [1.165, 1.54) is 6.92 Å². The van der Waals surface area contributed by atoms with Crippen LogP contribution in [0, 0.1) is 0 Å². The molecule has 0 heterocycles. The standard InChI is InChI=1S/C26H24N2O5/c1-18(29)21-13-8-14-22(15-21)27-24(30)17-33-25(31)16-23(19-9-4-2-5-10-19)28-26(32)20-11-6-3-7-12-20/h2-15,23H,16-17H2,1H3,(H,27,30)(H,28,32). The summed E-state index contributed by atoms with van der Waals surface area (Å²) >= 11 is 0. The smallest absolute Gasteiger partial charge is 0.308 e. The Morgan fingerprint density at radius 3 is 2.12 bits per heavy atom. The van der Waals surface area contributed by atoms with Crippen molar-refractivity contribution in [3.05, 3.63) is 102 Å². The van der Waals surface area contributed by atoms with E-state index in [0.29, 0.717) is 16.8 Å². The van der Waals surface area contributed by atoms with Crippen molar-refractivity contribution in [2.45, 2.75) is 19.4 Å². The predicted molar refractivity (Wildman–Crippen MR) is 124 cm³/mol. The lowest BCUT2D eigenvalue weighted by atomic mass is 10.0. The van der Waals surface area contributed by atoms with E-state index >= 15 is 0 Å². The molecule has 0 bridgehead atoms. The third kappa shape index (κ3) is 7.14. The molecule has 33 heavy (non-hydrogen) atoms. The lowest BCUT2D eigenvalue weighted by molar-refractivity contribution is -0.147. The predicted octanol–water partition coefficient (Wildman–Crippen LogP) is 3.93. The number of nitrogens with one attached hydrogen (secondary N) is 2. The fraction of sp³-hybridized carbons (Fsp3) is 0.154. The molecule has 7 heteroatoms. The van der Waals surface area contributed by atoms with Gasteiger partial charge in [-0.05, 0) is 36.8 Å². The molecule has 168 valence electrons. The average Bonchev–Trinajstić information content (AvgIpc) is 2.83. The van der Waals surface area contributed by atoms with Crippen molar-refractivity contribution in [2.24, 2.45) is 0 Å². The van der Waals surface area contributed by atoms with Crippen molar-refractivity contribution < 1.29 is 23.9 Å². The van der Waals surface area contributed by atoms with Gasteiger partial charge >= 0.3 is 5.97 Å². The minimum Gasteiger partial charge on any atom is -0.455 e. The van der Waals surface area contributed by atoms with Crippen LogP contribution in [0.3, 0.4) is 0 Å². The molecular weight excluding hydrogens is 420 g/mol. The molecule has 0 radical (unpaired) electrons.